The van der Waals surface area contributed by atoms with Crippen LogP contribution < -0.4 is 0 Å². The molecular formula is C15H17BrFNO. The maximum atomic E-state index is 13.6. The van der Waals surface area contributed by atoms with Gasteiger partial charge in [-0.2, -0.15) is 0 Å². The number of nitrogens with zero attached hydrogens (tertiary/aromatic N) is 1. The van der Waals surface area contributed by atoms with Gasteiger partial charge in [-0.05, 0) is 37.3 Å². The predicted octanol–water partition coefficient (Wildman–Crippen LogP) is 3.29. The lowest BCUT2D eigenvalue weighted by Crippen LogP contribution is -2.47. The zero-order chi connectivity index (χ0) is 13.4. The van der Waals surface area contributed by atoms with E-state index in [2.05, 4.69) is 15.9 Å². The summed E-state index contributed by atoms with van der Waals surface area (Å²) in [4.78, 5) is 15.0. The third-order valence-electron chi connectivity index (χ3n) is 4.26. The van der Waals surface area contributed by atoms with Crippen LogP contribution in [0.4, 0.5) is 4.39 Å². The van der Waals surface area contributed by atoms with Crippen molar-refractivity contribution in [2.75, 3.05) is 0 Å². The summed E-state index contributed by atoms with van der Waals surface area (Å²) in [6, 6.07) is 7.26. The molecule has 0 radical (unpaired) electrons. The SMILES string of the molecule is O=C(Cc1ccccc1F)N1C2CCC1CC(Br)C2. The van der Waals surface area contributed by atoms with Crippen molar-refractivity contribution in [2.45, 2.75) is 49.0 Å². The molecule has 2 bridgehead atoms. The normalized spacial score (nSPS) is 29.6. The molecule has 2 aliphatic rings. The number of carbonyl (C=O) groups is 1. The van der Waals surface area contributed by atoms with Crippen molar-refractivity contribution in [3.05, 3.63) is 35.6 Å². The number of rotatable bonds is 2. The largest absolute Gasteiger partial charge is 0.336 e. The fraction of sp³-hybridized carbons (Fsp3) is 0.533. The fourth-order valence-corrected chi connectivity index (χ4v) is 4.28. The number of benzene rings is 1. The number of amides is 1. The van der Waals surface area contributed by atoms with Gasteiger partial charge in [0.15, 0.2) is 0 Å². The van der Waals surface area contributed by atoms with E-state index in [1.807, 2.05) is 4.90 Å². The molecule has 0 spiro atoms. The standard InChI is InChI=1S/C15H17BrFNO/c16-11-8-12-5-6-13(9-11)18(12)15(19)7-10-3-1-2-4-14(10)17/h1-4,11-13H,5-9H2. The van der Waals surface area contributed by atoms with Crippen LogP contribution in [0.1, 0.15) is 31.2 Å². The second-order valence-corrected chi connectivity index (χ2v) is 6.82. The van der Waals surface area contributed by atoms with Crippen LogP contribution in [0, 0.1) is 5.82 Å². The van der Waals surface area contributed by atoms with E-state index in [0.717, 1.165) is 25.7 Å². The molecule has 2 saturated heterocycles. The summed E-state index contributed by atoms with van der Waals surface area (Å²) < 4.78 is 13.6. The Kier molecular flexibility index (Phi) is 3.61. The minimum atomic E-state index is -0.279. The molecule has 0 aromatic heterocycles. The van der Waals surface area contributed by atoms with E-state index < -0.39 is 0 Å². The highest BCUT2D eigenvalue weighted by molar-refractivity contribution is 9.09. The first-order valence-electron chi connectivity index (χ1n) is 6.84. The lowest BCUT2D eigenvalue weighted by Gasteiger charge is -2.37. The van der Waals surface area contributed by atoms with Crippen molar-refractivity contribution >= 4 is 21.8 Å². The summed E-state index contributed by atoms with van der Waals surface area (Å²) in [5, 5.41) is 0. The van der Waals surface area contributed by atoms with Crippen molar-refractivity contribution in [1.29, 1.82) is 0 Å². The number of hydrogen-bond acceptors (Lipinski definition) is 1. The van der Waals surface area contributed by atoms with E-state index in [9.17, 15) is 9.18 Å². The van der Waals surface area contributed by atoms with Crippen molar-refractivity contribution in [1.82, 2.24) is 4.90 Å². The van der Waals surface area contributed by atoms with E-state index in [4.69, 9.17) is 0 Å². The van der Waals surface area contributed by atoms with Crippen LogP contribution in [-0.4, -0.2) is 27.7 Å². The van der Waals surface area contributed by atoms with Gasteiger partial charge in [-0.1, -0.05) is 34.1 Å². The summed E-state index contributed by atoms with van der Waals surface area (Å²) in [7, 11) is 0. The van der Waals surface area contributed by atoms with Gasteiger partial charge in [0.05, 0.1) is 6.42 Å². The Morgan fingerprint density at radius 3 is 2.53 bits per heavy atom. The van der Waals surface area contributed by atoms with Crippen LogP contribution in [0.3, 0.4) is 0 Å². The number of fused-ring (bicyclic) bond motifs is 2. The molecule has 0 saturated carbocycles. The van der Waals surface area contributed by atoms with Gasteiger partial charge in [0.2, 0.25) is 5.91 Å². The van der Waals surface area contributed by atoms with Crippen molar-refractivity contribution < 1.29 is 9.18 Å². The van der Waals surface area contributed by atoms with Gasteiger partial charge in [-0.25, -0.2) is 4.39 Å². The molecule has 1 amide bonds. The van der Waals surface area contributed by atoms with Crippen LogP contribution in [0.15, 0.2) is 24.3 Å². The summed E-state index contributed by atoms with van der Waals surface area (Å²) in [6.07, 6.45) is 4.43. The molecule has 2 fully saturated rings. The molecule has 2 atom stereocenters. The first-order chi connectivity index (χ1) is 9.15. The number of hydrogen-bond donors (Lipinski definition) is 0. The molecule has 0 N–H and O–H groups in total. The molecule has 102 valence electrons. The Morgan fingerprint density at radius 2 is 1.89 bits per heavy atom. The van der Waals surface area contributed by atoms with Crippen LogP contribution in [0.2, 0.25) is 0 Å². The van der Waals surface area contributed by atoms with Crippen LogP contribution in [0.25, 0.3) is 0 Å². The van der Waals surface area contributed by atoms with Crippen molar-refractivity contribution in [3.63, 3.8) is 0 Å². The van der Waals surface area contributed by atoms with E-state index in [1.54, 1.807) is 18.2 Å². The van der Waals surface area contributed by atoms with E-state index in [1.165, 1.54) is 6.07 Å². The summed E-state index contributed by atoms with van der Waals surface area (Å²) in [5.74, 6) is -0.199. The highest BCUT2D eigenvalue weighted by Crippen LogP contribution is 2.38. The average Bonchev–Trinajstić information content (AvgIpc) is 2.65. The lowest BCUT2D eigenvalue weighted by molar-refractivity contribution is -0.134. The molecule has 1 aromatic rings. The molecule has 2 unspecified atom stereocenters. The molecular weight excluding hydrogens is 309 g/mol. The quantitative estimate of drug-likeness (QED) is 0.764. The number of carbonyl (C=O) groups excluding carboxylic acids is 1. The first-order valence-corrected chi connectivity index (χ1v) is 7.75. The average molecular weight is 326 g/mol. The van der Waals surface area contributed by atoms with Gasteiger partial charge >= 0.3 is 0 Å². The van der Waals surface area contributed by atoms with Crippen LogP contribution >= 0.6 is 15.9 Å². The topological polar surface area (TPSA) is 20.3 Å². The summed E-state index contributed by atoms with van der Waals surface area (Å²) in [6.45, 7) is 0. The van der Waals surface area contributed by atoms with Crippen molar-refractivity contribution in [3.8, 4) is 0 Å². The maximum Gasteiger partial charge on any atom is 0.227 e. The zero-order valence-electron chi connectivity index (χ0n) is 10.7. The third-order valence-corrected chi connectivity index (χ3v) is 5.01. The Hall–Kier alpha value is -0.900. The minimum Gasteiger partial charge on any atom is -0.336 e. The maximum absolute atomic E-state index is 13.6. The van der Waals surface area contributed by atoms with Crippen LogP contribution in [-0.2, 0) is 11.2 Å². The highest BCUT2D eigenvalue weighted by Gasteiger charge is 2.42. The van der Waals surface area contributed by atoms with Gasteiger partial charge in [0.1, 0.15) is 5.82 Å². The van der Waals surface area contributed by atoms with E-state index >= 15 is 0 Å². The first kappa shape index (κ1) is 13.1. The lowest BCUT2D eigenvalue weighted by atomic mass is 10.0. The number of alkyl halides is 1. The second kappa shape index (κ2) is 5.23. The van der Waals surface area contributed by atoms with E-state index in [-0.39, 0.29) is 18.1 Å². The molecule has 0 aliphatic carbocycles. The monoisotopic (exact) mass is 325 g/mol. The van der Waals surface area contributed by atoms with Crippen molar-refractivity contribution in [2.24, 2.45) is 0 Å². The Balaban J connectivity index is 1.73. The molecule has 2 nitrogen and oxygen atoms in total. The molecule has 19 heavy (non-hydrogen) atoms. The second-order valence-electron chi connectivity index (χ2n) is 5.52. The molecule has 2 aliphatic heterocycles. The third kappa shape index (κ3) is 2.55. The predicted molar refractivity (Wildman–Crippen MR) is 75.7 cm³/mol. The zero-order valence-corrected chi connectivity index (χ0v) is 12.3. The van der Waals surface area contributed by atoms with Gasteiger partial charge in [-0.3, -0.25) is 4.79 Å². The van der Waals surface area contributed by atoms with Gasteiger partial charge in [0, 0.05) is 16.9 Å². The highest BCUT2D eigenvalue weighted by atomic mass is 79.9. The Labute approximate surface area is 121 Å². The molecule has 3 rings (SSSR count). The fourth-order valence-electron chi connectivity index (χ4n) is 3.41. The van der Waals surface area contributed by atoms with Gasteiger partial charge in [-0.15, -0.1) is 0 Å². The number of piperidine rings is 1. The molecule has 1 aromatic carbocycles. The Bertz CT molecular complexity index is 479. The summed E-state index contributed by atoms with van der Waals surface area (Å²) >= 11 is 3.67. The minimum absolute atomic E-state index is 0.0806. The van der Waals surface area contributed by atoms with Gasteiger partial charge in [0.25, 0.3) is 0 Å². The number of halogens is 2. The smallest absolute Gasteiger partial charge is 0.227 e. The molecule has 2 heterocycles. The molecule has 4 heteroatoms. The van der Waals surface area contributed by atoms with Gasteiger partial charge < -0.3 is 4.90 Å². The van der Waals surface area contributed by atoms with E-state index in [0.29, 0.717) is 22.5 Å². The van der Waals surface area contributed by atoms with Crippen LogP contribution in [0.5, 0.6) is 0 Å². The Morgan fingerprint density at radius 1 is 1.26 bits per heavy atom. The summed E-state index contributed by atoms with van der Waals surface area (Å²) in [5.41, 5.74) is 0.507.